The average molecular weight is 284 g/mol. The summed E-state index contributed by atoms with van der Waals surface area (Å²) in [5, 5.41) is 18.8. The van der Waals surface area contributed by atoms with Gasteiger partial charge in [0.1, 0.15) is 6.54 Å². The highest BCUT2D eigenvalue weighted by Crippen LogP contribution is 2.37. The molecule has 0 unspecified atom stereocenters. The minimum Gasteiger partial charge on any atom is -0.503 e. The zero-order valence-electron chi connectivity index (χ0n) is 12.0. The smallest absolute Gasteiger partial charge is 0.290 e. The molecule has 1 N–H and O–H groups in total. The molecule has 5 nitrogen and oxygen atoms in total. The number of rotatable bonds is 4. The number of nitrogens with zero attached hydrogens (tertiary/aromatic N) is 2. The molecule has 2 rings (SSSR count). The van der Waals surface area contributed by atoms with Gasteiger partial charge >= 0.3 is 0 Å². The van der Waals surface area contributed by atoms with Gasteiger partial charge in [0.2, 0.25) is 0 Å². The van der Waals surface area contributed by atoms with Crippen molar-refractivity contribution in [3.8, 4) is 6.07 Å². The SMILES string of the molecule is CCc1ccc([C@H]2C(C(C)=O)=C(O)C(=O)N2CC#N)cc1. The summed E-state index contributed by atoms with van der Waals surface area (Å²) in [5.74, 6) is -1.60. The fourth-order valence-corrected chi connectivity index (χ4v) is 2.53. The molecule has 1 heterocycles. The third-order valence-corrected chi connectivity index (χ3v) is 3.63. The number of aliphatic hydroxyl groups is 1. The lowest BCUT2D eigenvalue weighted by atomic mass is 9.95. The number of aryl methyl sites for hydroxylation is 1. The number of aliphatic hydroxyl groups excluding tert-OH is 1. The highest BCUT2D eigenvalue weighted by atomic mass is 16.3. The number of amides is 1. The third-order valence-electron chi connectivity index (χ3n) is 3.63. The van der Waals surface area contributed by atoms with Gasteiger partial charge in [0.05, 0.1) is 17.7 Å². The predicted octanol–water partition coefficient (Wildman–Crippen LogP) is 2.06. The van der Waals surface area contributed by atoms with Crippen LogP contribution in [-0.4, -0.2) is 28.2 Å². The molecule has 1 amide bonds. The Kier molecular flexibility index (Phi) is 4.08. The number of benzene rings is 1. The van der Waals surface area contributed by atoms with E-state index < -0.39 is 17.7 Å². The van der Waals surface area contributed by atoms with Crippen molar-refractivity contribution in [1.82, 2.24) is 4.90 Å². The third kappa shape index (κ3) is 2.52. The lowest BCUT2D eigenvalue weighted by Gasteiger charge is -2.24. The van der Waals surface area contributed by atoms with Crippen molar-refractivity contribution in [2.45, 2.75) is 26.3 Å². The molecule has 108 valence electrons. The van der Waals surface area contributed by atoms with Crippen molar-refractivity contribution in [3.05, 3.63) is 46.7 Å². The first-order valence-corrected chi connectivity index (χ1v) is 6.72. The van der Waals surface area contributed by atoms with E-state index in [4.69, 9.17) is 5.26 Å². The lowest BCUT2D eigenvalue weighted by molar-refractivity contribution is -0.128. The van der Waals surface area contributed by atoms with E-state index in [0.29, 0.717) is 5.56 Å². The Morgan fingerprint density at radius 2 is 2.00 bits per heavy atom. The highest BCUT2D eigenvalue weighted by molar-refractivity contribution is 6.08. The van der Waals surface area contributed by atoms with E-state index in [9.17, 15) is 14.7 Å². The maximum Gasteiger partial charge on any atom is 0.290 e. The second-order valence-corrected chi connectivity index (χ2v) is 4.91. The summed E-state index contributed by atoms with van der Waals surface area (Å²) in [6, 6.07) is 8.68. The van der Waals surface area contributed by atoms with Crippen molar-refractivity contribution >= 4 is 11.7 Å². The van der Waals surface area contributed by atoms with E-state index in [1.165, 1.54) is 11.8 Å². The number of hydrogen-bond acceptors (Lipinski definition) is 4. The Bertz CT molecular complexity index is 653. The number of carbonyl (C=O) groups excluding carboxylic acids is 2. The topological polar surface area (TPSA) is 81.4 Å². The Balaban J connectivity index is 2.51. The summed E-state index contributed by atoms with van der Waals surface area (Å²) < 4.78 is 0. The van der Waals surface area contributed by atoms with Crippen molar-refractivity contribution < 1.29 is 14.7 Å². The monoisotopic (exact) mass is 284 g/mol. The number of nitriles is 1. The van der Waals surface area contributed by atoms with Crippen LogP contribution >= 0.6 is 0 Å². The van der Waals surface area contributed by atoms with Crippen molar-refractivity contribution in [2.75, 3.05) is 6.54 Å². The Hall–Kier alpha value is -2.61. The fourth-order valence-electron chi connectivity index (χ4n) is 2.53. The molecule has 0 fully saturated rings. The second-order valence-electron chi connectivity index (χ2n) is 4.91. The summed E-state index contributed by atoms with van der Waals surface area (Å²) in [6.45, 7) is 3.16. The molecule has 0 radical (unpaired) electrons. The zero-order chi connectivity index (χ0) is 15.6. The normalized spacial score (nSPS) is 18.0. The summed E-state index contributed by atoms with van der Waals surface area (Å²) in [6.07, 6.45) is 0.881. The van der Waals surface area contributed by atoms with Crippen LogP contribution in [0.5, 0.6) is 0 Å². The number of ketones is 1. The predicted molar refractivity (Wildman–Crippen MR) is 76.2 cm³/mol. The Morgan fingerprint density at radius 3 is 2.48 bits per heavy atom. The second kappa shape index (κ2) is 5.80. The van der Waals surface area contributed by atoms with Gasteiger partial charge in [-0.1, -0.05) is 31.2 Å². The van der Waals surface area contributed by atoms with Crippen LogP contribution in [0.25, 0.3) is 0 Å². The molecule has 0 saturated heterocycles. The zero-order valence-corrected chi connectivity index (χ0v) is 12.0. The molecule has 5 heteroatoms. The van der Waals surface area contributed by atoms with Crippen LogP contribution in [0.1, 0.15) is 31.0 Å². The fraction of sp³-hybridized carbons (Fsp3) is 0.312. The summed E-state index contributed by atoms with van der Waals surface area (Å²) in [4.78, 5) is 25.0. The summed E-state index contributed by atoms with van der Waals surface area (Å²) in [5.41, 5.74) is 1.90. The van der Waals surface area contributed by atoms with E-state index in [1.54, 1.807) is 0 Å². The van der Waals surface area contributed by atoms with E-state index in [1.807, 2.05) is 37.3 Å². The first-order chi connectivity index (χ1) is 10.0. The molecule has 21 heavy (non-hydrogen) atoms. The van der Waals surface area contributed by atoms with Gasteiger partial charge in [0, 0.05) is 0 Å². The molecule has 0 aromatic heterocycles. The molecule has 0 spiro atoms. The minimum atomic E-state index is -0.694. The molecule has 1 aliphatic heterocycles. The van der Waals surface area contributed by atoms with Crippen LogP contribution in [0, 0.1) is 11.3 Å². The van der Waals surface area contributed by atoms with Crippen LogP contribution in [0.2, 0.25) is 0 Å². The van der Waals surface area contributed by atoms with Gasteiger partial charge < -0.3 is 10.0 Å². The van der Waals surface area contributed by atoms with Gasteiger partial charge in [-0.3, -0.25) is 9.59 Å². The molecule has 1 aromatic carbocycles. The van der Waals surface area contributed by atoms with E-state index in [2.05, 4.69) is 0 Å². The van der Waals surface area contributed by atoms with Crippen LogP contribution in [0.15, 0.2) is 35.6 Å². The van der Waals surface area contributed by atoms with Crippen molar-refractivity contribution in [3.63, 3.8) is 0 Å². The number of Topliss-reactive ketones (excluding diaryl/α,β-unsaturated/α-hetero) is 1. The van der Waals surface area contributed by atoms with Crippen LogP contribution in [0.3, 0.4) is 0 Å². The maximum atomic E-state index is 12.0. The van der Waals surface area contributed by atoms with Gasteiger partial charge in [-0.15, -0.1) is 0 Å². The van der Waals surface area contributed by atoms with Crippen LogP contribution in [0.4, 0.5) is 0 Å². The van der Waals surface area contributed by atoms with Crippen LogP contribution < -0.4 is 0 Å². The van der Waals surface area contributed by atoms with Crippen molar-refractivity contribution in [2.24, 2.45) is 0 Å². The van der Waals surface area contributed by atoms with Gasteiger partial charge in [-0.05, 0) is 24.5 Å². The maximum absolute atomic E-state index is 12.0. The lowest BCUT2D eigenvalue weighted by Crippen LogP contribution is -2.31. The Labute approximate surface area is 123 Å². The molecule has 1 aromatic rings. The van der Waals surface area contributed by atoms with E-state index >= 15 is 0 Å². The molecule has 0 aliphatic carbocycles. The molecule has 0 bridgehead atoms. The van der Waals surface area contributed by atoms with E-state index in [0.717, 1.165) is 12.0 Å². The van der Waals surface area contributed by atoms with Crippen molar-refractivity contribution in [1.29, 1.82) is 5.26 Å². The van der Waals surface area contributed by atoms with E-state index in [-0.39, 0.29) is 17.9 Å². The molecule has 1 aliphatic rings. The molecule has 0 saturated carbocycles. The molecular formula is C16H16N2O3. The largest absolute Gasteiger partial charge is 0.503 e. The molecule has 1 atom stereocenters. The van der Waals surface area contributed by atoms with Gasteiger partial charge in [-0.25, -0.2) is 0 Å². The molecular weight excluding hydrogens is 268 g/mol. The minimum absolute atomic E-state index is 0.0551. The number of carbonyl (C=O) groups is 2. The number of hydrogen-bond donors (Lipinski definition) is 1. The van der Waals surface area contributed by atoms with Gasteiger partial charge in [-0.2, -0.15) is 5.26 Å². The summed E-state index contributed by atoms with van der Waals surface area (Å²) >= 11 is 0. The first-order valence-electron chi connectivity index (χ1n) is 6.72. The standard InChI is InChI=1S/C16H16N2O3/c1-3-11-4-6-12(7-5-11)14-13(10(2)19)15(20)16(21)18(14)9-8-17/h4-7,14,20H,3,9H2,1-2H3/t14-/m0/s1. The quantitative estimate of drug-likeness (QED) is 0.858. The first kappa shape index (κ1) is 14.8. The van der Waals surface area contributed by atoms with Crippen LogP contribution in [-0.2, 0) is 16.0 Å². The van der Waals surface area contributed by atoms with Gasteiger partial charge in [0.25, 0.3) is 5.91 Å². The highest BCUT2D eigenvalue weighted by Gasteiger charge is 2.42. The summed E-state index contributed by atoms with van der Waals surface area (Å²) in [7, 11) is 0. The van der Waals surface area contributed by atoms with Gasteiger partial charge in [0.15, 0.2) is 11.5 Å². The Morgan fingerprint density at radius 1 is 1.38 bits per heavy atom. The average Bonchev–Trinajstić information content (AvgIpc) is 2.73.